The van der Waals surface area contributed by atoms with E-state index in [0.717, 1.165) is 48.3 Å². The lowest BCUT2D eigenvalue weighted by Crippen LogP contribution is -2.23. The maximum Gasteiger partial charge on any atom is 0.291 e. The minimum Gasteiger partial charge on any atom is -0.494 e. The van der Waals surface area contributed by atoms with Crippen molar-refractivity contribution in [2.75, 3.05) is 19.8 Å². The number of hydrogen-bond acceptors (Lipinski definition) is 7. The number of benzene rings is 2. The summed E-state index contributed by atoms with van der Waals surface area (Å²) >= 11 is 1.32. The Hall–Kier alpha value is -3.39. The first-order valence-corrected chi connectivity index (χ1v) is 13.5. The van der Waals surface area contributed by atoms with Crippen molar-refractivity contribution in [3.05, 3.63) is 62.9 Å². The number of ether oxygens (including phenoxy) is 3. The summed E-state index contributed by atoms with van der Waals surface area (Å²) in [6.07, 6.45) is 7.27. The van der Waals surface area contributed by atoms with E-state index in [1.807, 2.05) is 55.5 Å². The van der Waals surface area contributed by atoms with E-state index in [0.29, 0.717) is 40.9 Å². The summed E-state index contributed by atoms with van der Waals surface area (Å²) in [5, 5.41) is 4.46. The fourth-order valence-corrected chi connectivity index (χ4v) is 4.59. The fourth-order valence-electron chi connectivity index (χ4n) is 3.68. The van der Waals surface area contributed by atoms with Crippen LogP contribution in [-0.4, -0.2) is 34.4 Å². The highest BCUT2D eigenvalue weighted by Gasteiger charge is 2.13. The molecule has 0 saturated carbocycles. The molecule has 0 spiro atoms. The Morgan fingerprint density at radius 3 is 2.39 bits per heavy atom. The van der Waals surface area contributed by atoms with Crippen molar-refractivity contribution < 1.29 is 14.2 Å². The van der Waals surface area contributed by atoms with E-state index in [4.69, 9.17) is 14.2 Å². The zero-order valence-electron chi connectivity index (χ0n) is 21.2. The summed E-state index contributed by atoms with van der Waals surface area (Å²) in [6, 6.07) is 13.4. The van der Waals surface area contributed by atoms with E-state index in [9.17, 15) is 4.79 Å². The molecule has 2 heterocycles. The molecule has 7 nitrogen and oxygen atoms in total. The average Bonchev–Trinajstić information content (AvgIpc) is 3.43. The fraction of sp³-hybridized carbons (Fsp3) is 0.393. The number of hydrogen-bond donors (Lipinski definition) is 0. The number of fused-ring (bicyclic) bond motifs is 1. The van der Waals surface area contributed by atoms with Crippen LogP contribution < -0.4 is 24.3 Å². The molecule has 0 aliphatic rings. The van der Waals surface area contributed by atoms with E-state index >= 15 is 0 Å². The minimum atomic E-state index is -0.189. The zero-order chi connectivity index (χ0) is 25.3. The van der Waals surface area contributed by atoms with Gasteiger partial charge in [-0.05, 0) is 67.8 Å². The Morgan fingerprint density at radius 2 is 1.67 bits per heavy atom. The number of aromatic nitrogens is 3. The molecule has 0 radical (unpaired) electrons. The van der Waals surface area contributed by atoms with Gasteiger partial charge in [0, 0.05) is 5.56 Å². The Labute approximate surface area is 215 Å². The van der Waals surface area contributed by atoms with E-state index in [-0.39, 0.29) is 5.56 Å². The second-order valence-electron chi connectivity index (χ2n) is 8.47. The third-order valence-electron chi connectivity index (χ3n) is 5.63. The predicted octanol–water partition coefficient (Wildman–Crippen LogP) is 5.51. The van der Waals surface area contributed by atoms with Crippen LogP contribution in [0.4, 0.5) is 0 Å². The maximum atomic E-state index is 13.0. The number of rotatable bonds is 13. The highest BCUT2D eigenvalue weighted by molar-refractivity contribution is 7.15. The van der Waals surface area contributed by atoms with E-state index in [1.165, 1.54) is 22.3 Å². The van der Waals surface area contributed by atoms with Crippen LogP contribution in [0.1, 0.15) is 58.4 Å². The lowest BCUT2D eigenvalue weighted by Gasteiger charge is -2.12. The van der Waals surface area contributed by atoms with Crippen molar-refractivity contribution in [2.45, 2.75) is 52.9 Å². The number of nitrogens with zero attached hydrogens (tertiary/aromatic N) is 3. The highest BCUT2D eigenvalue weighted by Crippen LogP contribution is 2.29. The third-order valence-corrected chi connectivity index (χ3v) is 6.59. The van der Waals surface area contributed by atoms with Crippen molar-refractivity contribution in [3.8, 4) is 28.6 Å². The maximum absolute atomic E-state index is 13.0. The van der Waals surface area contributed by atoms with E-state index < -0.39 is 0 Å². The first kappa shape index (κ1) is 25.7. The van der Waals surface area contributed by atoms with Crippen LogP contribution in [0.5, 0.6) is 17.2 Å². The van der Waals surface area contributed by atoms with Gasteiger partial charge in [0.05, 0.1) is 24.4 Å². The lowest BCUT2D eigenvalue weighted by atomic mass is 10.2. The molecule has 36 heavy (non-hydrogen) atoms. The van der Waals surface area contributed by atoms with E-state index in [2.05, 4.69) is 23.9 Å². The largest absolute Gasteiger partial charge is 0.494 e. The van der Waals surface area contributed by atoms with Crippen molar-refractivity contribution in [1.29, 1.82) is 0 Å². The van der Waals surface area contributed by atoms with Gasteiger partial charge in [-0.15, -0.1) is 5.10 Å². The molecule has 0 fully saturated rings. The van der Waals surface area contributed by atoms with Gasteiger partial charge in [-0.1, -0.05) is 50.5 Å². The zero-order valence-corrected chi connectivity index (χ0v) is 22.0. The molecule has 0 aliphatic heterocycles. The Balaban J connectivity index is 1.53. The lowest BCUT2D eigenvalue weighted by molar-refractivity contribution is 0.272. The van der Waals surface area contributed by atoms with Gasteiger partial charge in [0.1, 0.15) is 5.75 Å². The topological polar surface area (TPSA) is 75.0 Å². The SMILES string of the molecule is CCCCCOc1ccc(-c2nc3s/c(=C/c4ccc(OCCCC)c(OCC)c4)c(=O)n3n2)cc1. The molecule has 2 aromatic carbocycles. The molecule has 4 rings (SSSR count). The molecule has 4 aromatic rings. The number of thiazole rings is 1. The Bertz CT molecular complexity index is 1380. The summed E-state index contributed by atoms with van der Waals surface area (Å²) < 4.78 is 19.3. The highest BCUT2D eigenvalue weighted by atomic mass is 32.1. The molecule has 0 atom stereocenters. The van der Waals surface area contributed by atoms with E-state index in [1.54, 1.807) is 0 Å². The number of unbranched alkanes of at least 4 members (excludes halogenated alkanes) is 3. The summed E-state index contributed by atoms with van der Waals surface area (Å²) in [7, 11) is 0. The molecular weight excluding hydrogens is 474 g/mol. The quantitative estimate of drug-likeness (QED) is 0.222. The van der Waals surface area contributed by atoms with Crippen molar-refractivity contribution in [3.63, 3.8) is 0 Å². The summed E-state index contributed by atoms with van der Waals surface area (Å²) in [6.45, 7) is 8.13. The van der Waals surface area contributed by atoms with Gasteiger partial charge in [0.2, 0.25) is 4.96 Å². The van der Waals surface area contributed by atoms with Crippen LogP contribution in [0.25, 0.3) is 22.4 Å². The van der Waals surface area contributed by atoms with Gasteiger partial charge < -0.3 is 14.2 Å². The smallest absolute Gasteiger partial charge is 0.291 e. The first-order valence-electron chi connectivity index (χ1n) is 12.7. The third kappa shape index (κ3) is 6.23. The molecular formula is C28H33N3O4S. The normalized spacial score (nSPS) is 11.8. The van der Waals surface area contributed by atoms with Crippen LogP contribution in [0.3, 0.4) is 0 Å². The molecule has 0 aliphatic carbocycles. The molecule has 190 valence electrons. The standard InChI is InChI=1S/C28H33N3O4S/c1-4-7-9-17-34-22-13-11-21(12-14-22)26-29-28-31(30-26)27(32)25(36-28)19-20-10-15-23(35-16-8-5-2)24(18-20)33-6-3/h10-15,18-19H,4-9,16-17H2,1-3H3/b25-19+. The first-order chi connectivity index (χ1) is 17.6. The van der Waals surface area contributed by atoms with Crippen molar-refractivity contribution in [1.82, 2.24) is 14.6 Å². The average molecular weight is 508 g/mol. The Kier molecular flexibility index (Phi) is 8.95. The molecule has 0 saturated heterocycles. The van der Waals surface area contributed by atoms with Crippen LogP contribution >= 0.6 is 11.3 Å². The summed E-state index contributed by atoms with van der Waals surface area (Å²) in [4.78, 5) is 18.2. The second-order valence-corrected chi connectivity index (χ2v) is 9.48. The molecule has 0 amide bonds. The summed E-state index contributed by atoms with van der Waals surface area (Å²) in [5.41, 5.74) is 1.51. The van der Waals surface area contributed by atoms with Gasteiger partial charge in [-0.2, -0.15) is 9.50 Å². The van der Waals surface area contributed by atoms with Gasteiger partial charge in [0.15, 0.2) is 17.3 Å². The molecule has 8 heteroatoms. The molecule has 0 N–H and O–H groups in total. The molecule has 2 aromatic heterocycles. The second kappa shape index (κ2) is 12.5. The minimum absolute atomic E-state index is 0.189. The molecule has 0 bridgehead atoms. The van der Waals surface area contributed by atoms with Gasteiger partial charge in [-0.3, -0.25) is 4.79 Å². The van der Waals surface area contributed by atoms with Gasteiger partial charge in [-0.25, -0.2) is 0 Å². The predicted molar refractivity (Wildman–Crippen MR) is 144 cm³/mol. The van der Waals surface area contributed by atoms with Gasteiger partial charge >= 0.3 is 0 Å². The monoisotopic (exact) mass is 507 g/mol. The van der Waals surface area contributed by atoms with Crippen LogP contribution in [0.15, 0.2) is 47.3 Å². The van der Waals surface area contributed by atoms with Crippen LogP contribution in [0.2, 0.25) is 0 Å². The summed E-state index contributed by atoms with van der Waals surface area (Å²) in [5.74, 6) is 2.74. The van der Waals surface area contributed by atoms with Crippen LogP contribution in [-0.2, 0) is 0 Å². The van der Waals surface area contributed by atoms with Gasteiger partial charge in [0.25, 0.3) is 5.56 Å². The Morgan fingerprint density at radius 1 is 0.889 bits per heavy atom. The van der Waals surface area contributed by atoms with Crippen molar-refractivity contribution >= 4 is 22.4 Å². The molecule has 0 unspecified atom stereocenters. The van der Waals surface area contributed by atoms with Crippen LogP contribution in [0, 0.1) is 0 Å². The van der Waals surface area contributed by atoms with Crippen molar-refractivity contribution in [2.24, 2.45) is 0 Å².